The molecule has 0 radical (unpaired) electrons. The molecule has 132 heavy (non-hydrogen) atoms. The van der Waals surface area contributed by atoms with Crippen LogP contribution in [0.15, 0.2) is 314 Å². The number of amidine groups is 2. The predicted octanol–water partition coefficient (Wildman–Crippen LogP) is 23.4. The van der Waals surface area contributed by atoms with Crippen molar-refractivity contribution in [3.05, 3.63) is 355 Å². The number of hydrogen-bond donors (Lipinski definition) is 6. The maximum atomic E-state index is 10.0. The summed E-state index contributed by atoms with van der Waals surface area (Å²) in [6.45, 7) is 24.7. The minimum Gasteiger partial charge on any atom is -0.507 e. The van der Waals surface area contributed by atoms with Gasteiger partial charge >= 0.3 is 0 Å². The third-order valence-electron chi connectivity index (χ3n) is 19.7. The lowest BCUT2D eigenvalue weighted by atomic mass is 10.1. The van der Waals surface area contributed by atoms with Crippen LogP contribution in [0, 0.1) is 83.1 Å². The van der Waals surface area contributed by atoms with Gasteiger partial charge in [0.1, 0.15) is 39.5 Å². The highest BCUT2D eigenvalue weighted by molar-refractivity contribution is 7.09. The van der Waals surface area contributed by atoms with Crippen LogP contribution in [0.25, 0.3) is 44.8 Å². The van der Waals surface area contributed by atoms with Crippen molar-refractivity contribution < 1.29 is 39.7 Å². The second kappa shape index (κ2) is 44.8. The molecule has 0 unspecified atom stereocenters. The number of aliphatic imine (C=N–C) groups is 10. The average molecular weight is 1790 g/mol. The van der Waals surface area contributed by atoms with E-state index in [1.165, 1.54) is 56.4 Å². The fourth-order valence-corrected chi connectivity index (χ4v) is 13.6. The van der Waals surface area contributed by atoms with Crippen LogP contribution in [0.1, 0.15) is 100 Å². The van der Waals surface area contributed by atoms with Crippen LogP contribution in [0.4, 0.5) is 34.1 Å². The zero-order valence-electron chi connectivity index (χ0n) is 74.5. The zero-order valence-corrected chi connectivity index (χ0v) is 76.1. The maximum absolute atomic E-state index is 10.0. The van der Waals surface area contributed by atoms with Gasteiger partial charge in [-0.3, -0.25) is 39.9 Å². The number of rotatable bonds is 18. The molecular formula is C104H94N18O8S2. The van der Waals surface area contributed by atoms with Crippen LogP contribution in [-0.4, -0.2) is 143 Å². The zero-order chi connectivity index (χ0) is 93.2. The van der Waals surface area contributed by atoms with Gasteiger partial charge in [-0.1, -0.05) is 153 Å². The van der Waals surface area contributed by atoms with E-state index in [-0.39, 0.29) is 46.2 Å². The highest BCUT2D eigenvalue weighted by atomic mass is 32.1. The first-order valence-electron chi connectivity index (χ1n) is 41.7. The lowest BCUT2D eigenvalue weighted by Crippen LogP contribution is -2.02. The number of nitrogens with zero attached hydrogens (tertiary/aromatic N) is 18. The number of benzene rings is 12. The Hall–Kier alpha value is -16.5. The van der Waals surface area contributed by atoms with Gasteiger partial charge in [0.2, 0.25) is 11.6 Å². The molecule has 0 aliphatic carbocycles. The van der Waals surface area contributed by atoms with E-state index in [0.717, 1.165) is 78.2 Å². The quantitative estimate of drug-likeness (QED) is 0.0435. The summed E-state index contributed by atoms with van der Waals surface area (Å²) < 4.78 is 18.8. The molecule has 0 saturated heterocycles. The van der Waals surface area contributed by atoms with Crippen molar-refractivity contribution in [1.29, 1.82) is 0 Å². The van der Waals surface area contributed by atoms with E-state index in [0.29, 0.717) is 92.2 Å². The van der Waals surface area contributed by atoms with Crippen molar-refractivity contribution in [2.45, 2.75) is 83.1 Å². The molecule has 2 aliphatic rings. The van der Waals surface area contributed by atoms with Crippen molar-refractivity contribution >= 4 is 118 Å². The van der Waals surface area contributed by atoms with Gasteiger partial charge in [0, 0.05) is 5.56 Å². The SMILES string of the molecule is Cc1ccc(-c2noc(-c3ccc(C)cc3O)n2)c(O)c1.Cc1ccc(-c2nsc(-c3ccc(C)cc3O)n2)c(O)c1.Cc1ccc(C2=NC(c3ccc(C)cc3O)=NC2)c(O)c1.Cc1ccc(N=CC2=NC(C=Nc3ccc(C)cc3)=NC2)cc1.Cc1ccc(N=Cc2noc(C=Nc3ccc(C)cc3)n2)cc1.Cc1ccc(N=Cc2nsc(C=Nc3ccc(C)cc3)n2)cc1. The molecule has 0 spiro atoms. The van der Waals surface area contributed by atoms with Crippen LogP contribution >= 0.6 is 23.1 Å². The summed E-state index contributed by atoms with van der Waals surface area (Å²) in [5, 5.41) is 69.0. The van der Waals surface area contributed by atoms with Gasteiger partial charge in [-0.25, -0.2) is 20.0 Å². The molecule has 6 heterocycles. The van der Waals surface area contributed by atoms with Gasteiger partial charge in [0.15, 0.2) is 28.3 Å². The normalized spacial score (nSPS) is 12.2. The van der Waals surface area contributed by atoms with Crippen molar-refractivity contribution in [2.24, 2.45) is 49.9 Å². The van der Waals surface area contributed by atoms with Crippen molar-refractivity contribution in [3.8, 4) is 79.3 Å². The summed E-state index contributed by atoms with van der Waals surface area (Å²) in [5.74, 6) is 4.35. The first-order chi connectivity index (χ1) is 63.7. The van der Waals surface area contributed by atoms with E-state index in [2.05, 4.69) is 117 Å². The average Bonchev–Trinajstić information content (AvgIpc) is 1.68. The molecule has 0 amide bonds. The largest absolute Gasteiger partial charge is 0.507 e. The van der Waals surface area contributed by atoms with Gasteiger partial charge in [0.05, 0.1) is 124 Å². The maximum Gasteiger partial charge on any atom is 0.269 e. The Morgan fingerprint density at radius 1 is 0.288 bits per heavy atom. The van der Waals surface area contributed by atoms with Gasteiger partial charge in [-0.05, 0) is 285 Å². The molecular weight excluding hydrogens is 1690 g/mol. The van der Waals surface area contributed by atoms with E-state index >= 15 is 0 Å². The molecule has 4 aromatic heterocycles. The Bertz CT molecular complexity index is 6480. The summed E-state index contributed by atoms with van der Waals surface area (Å²) in [6, 6.07) is 80.0. The predicted molar refractivity (Wildman–Crippen MR) is 532 cm³/mol. The number of aromatic nitrogens is 8. The van der Waals surface area contributed by atoms with Crippen molar-refractivity contribution in [3.63, 3.8) is 0 Å². The number of phenols is 6. The highest BCUT2D eigenvalue weighted by Crippen LogP contribution is 2.37. The van der Waals surface area contributed by atoms with E-state index in [1.807, 2.05) is 256 Å². The third kappa shape index (κ3) is 27.3. The summed E-state index contributed by atoms with van der Waals surface area (Å²) in [4.78, 5) is 61.0. The molecule has 0 bridgehead atoms. The molecule has 26 nitrogen and oxygen atoms in total. The van der Waals surface area contributed by atoms with Gasteiger partial charge in [0.25, 0.3) is 11.8 Å². The second-order valence-electron chi connectivity index (χ2n) is 31.0. The van der Waals surface area contributed by atoms with Crippen molar-refractivity contribution in [2.75, 3.05) is 13.1 Å². The summed E-state index contributed by atoms with van der Waals surface area (Å²) in [5.41, 5.74) is 23.4. The van der Waals surface area contributed by atoms with Crippen LogP contribution in [0.2, 0.25) is 0 Å². The smallest absolute Gasteiger partial charge is 0.269 e. The second-order valence-corrected chi connectivity index (χ2v) is 32.5. The third-order valence-corrected chi connectivity index (χ3v) is 21.1. The molecule has 2 aliphatic heterocycles. The Balaban J connectivity index is 0.000000135. The van der Waals surface area contributed by atoms with Crippen LogP contribution in [-0.2, 0) is 0 Å². The van der Waals surface area contributed by atoms with Crippen molar-refractivity contribution in [1.82, 2.24) is 39.0 Å². The summed E-state index contributed by atoms with van der Waals surface area (Å²) in [7, 11) is 0. The first-order valence-corrected chi connectivity index (χ1v) is 43.3. The van der Waals surface area contributed by atoms with E-state index < -0.39 is 0 Å². The number of hydrogen-bond acceptors (Lipinski definition) is 28. The van der Waals surface area contributed by atoms with E-state index in [4.69, 9.17) is 9.05 Å². The van der Waals surface area contributed by atoms with Gasteiger partial charge in [-0.15, -0.1) is 0 Å². The standard InChI is InChI=1S/C19H18N4.C18H16N4O.C18H16N4S.C17H16N2O2.C16H14N2O3.C16H14N2O2S/c1-14-3-7-16(8-4-14)20-11-18-12-22-19(23-18)13-21-17-9-5-15(2)6-10-17;2*1-13-3-7-15(8-4-13)19-11-17-21-18(23-22-17)12-20-16-9-5-14(2)6-10-16;1-10-3-5-12(15(20)7-10)14-9-18-17(19-14)13-6-4-11(2)8-16(13)21;2*1-9-3-5-11(13(19)7-9)15-17-16(21-18-15)12-6-4-10(2)8-14(12)20/h3-11,13H,12H2,1-2H3;2*3-12H,1-2H3;3-8,20-21H,9H2,1-2H3;2*3-8,19-20H,1-2H3. The summed E-state index contributed by atoms with van der Waals surface area (Å²) in [6.07, 6.45) is 9.96. The lowest BCUT2D eigenvalue weighted by molar-refractivity contribution is 0.411. The van der Waals surface area contributed by atoms with Crippen LogP contribution < -0.4 is 0 Å². The minimum absolute atomic E-state index is 0.0818. The van der Waals surface area contributed by atoms with Gasteiger partial charge < -0.3 is 39.7 Å². The van der Waals surface area contributed by atoms with Gasteiger partial charge in [-0.2, -0.15) is 18.7 Å². The van der Waals surface area contributed by atoms with E-state index in [1.54, 1.807) is 91.9 Å². The number of phenolic OH excluding ortho intramolecular Hbond substituents is 6. The summed E-state index contributed by atoms with van der Waals surface area (Å²) >= 11 is 2.51. The molecule has 0 fully saturated rings. The molecule has 0 atom stereocenters. The Labute approximate surface area is 772 Å². The monoisotopic (exact) mass is 1790 g/mol. The Kier molecular flexibility index (Phi) is 31.6. The van der Waals surface area contributed by atoms with E-state index in [9.17, 15) is 30.6 Å². The molecule has 12 aromatic carbocycles. The molecule has 18 rings (SSSR count). The topological polar surface area (TPSA) is 374 Å². The highest BCUT2D eigenvalue weighted by Gasteiger charge is 2.21. The molecule has 28 heteroatoms. The molecule has 16 aromatic rings. The van der Waals surface area contributed by atoms with Crippen LogP contribution in [0.3, 0.4) is 0 Å². The molecule has 6 N–H and O–H groups in total. The first kappa shape index (κ1) is 93.2. The lowest BCUT2D eigenvalue weighted by Gasteiger charge is -2.04. The fraction of sp³-hybridized carbons (Fsp3) is 0.135. The van der Waals surface area contributed by atoms with Crippen LogP contribution in [0.5, 0.6) is 34.5 Å². The Morgan fingerprint density at radius 2 is 0.659 bits per heavy atom. The Morgan fingerprint density at radius 3 is 1.11 bits per heavy atom. The molecule has 0 saturated carbocycles. The molecule has 660 valence electrons. The minimum atomic E-state index is 0.0818. The number of aryl methyl sites for hydroxylation is 12. The fourth-order valence-electron chi connectivity index (χ4n) is 12.4. The number of aromatic hydroxyl groups is 6.